The Morgan fingerprint density at radius 2 is 2.40 bits per heavy atom. The van der Waals surface area contributed by atoms with Crippen molar-refractivity contribution in [2.45, 2.75) is 6.42 Å². The van der Waals surface area contributed by atoms with Gasteiger partial charge >= 0.3 is 0 Å². The van der Waals surface area contributed by atoms with Gasteiger partial charge in [0.2, 0.25) is 0 Å². The molecule has 3 rings (SSSR count). The number of thiophene rings is 1. The Labute approximate surface area is 130 Å². The summed E-state index contributed by atoms with van der Waals surface area (Å²) in [4.78, 5) is 19.6. The van der Waals surface area contributed by atoms with Crippen LogP contribution < -0.4 is 5.73 Å². The van der Waals surface area contributed by atoms with Crippen LogP contribution in [0.5, 0.6) is 0 Å². The number of halogens is 1. The summed E-state index contributed by atoms with van der Waals surface area (Å²) in [5.74, 6) is 0.430. The van der Waals surface area contributed by atoms with Gasteiger partial charge in [-0.25, -0.2) is 4.98 Å². The SMILES string of the molecule is NCC1CCN(C(=O)c2csc(-c3ccc(Cl)s3)n2)C1. The predicted molar refractivity (Wildman–Crippen MR) is 83.5 cm³/mol. The smallest absolute Gasteiger partial charge is 0.273 e. The summed E-state index contributed by atoms with van der Waals surface area (Å²) in [6.07, 6.45) is 0.986. The van der Waals surface area contributed by atoms with Crippen molar-refractivity contribution >= 4 is 40.2 Å². The van der Waals surface area contributed by atoms with Crippen LogP contribution in [0, 0.1) is 5.92 Å². The van der Waals surface area contributed by atoms with Crippen LogP contribution in [0.3, 0.4) is 0 Å². The minimum absolute atomic E-state index is 0.00565. The molecule has 1 fully saturated rings. The van der Waals surface area contributed by atoms with E-state index in [0.29, 0.717) is 18.2 Å². The lowest BCUT2D eigenvalue weighted by Gasteiger charge is -2.14. The minimum atomic E-state index is 0.00565. The largest absolute Gasteiger partial charge is 0.337 e. The summed E-state index contributed by atoms with van der Waals surface area (Å²) in [6.45, 7) is 2.16. The first-order valence-corrected chi connectivity index (χ1v) is 8.45. The molecule has 0 aliphatic carbocycles. The number of hydrogen-bond acceptors (Lipinski definition) is 5. The molecule has 0 spiro atoms. The van der Waals surface area contributed by atoms with E-state index < -0.39 is 0 Å². The molecule has 1 aliphatic rings. The summed E-state index contributed by atoms with van der Waals surface area (Å²) in [5.41, 5.74) is 6.18. The Morgan fingerprint density at radius 1 is 1.55 bits per heavy atom. The molecule has 0 radical (unpaired) electrons. The van der Waals surface area contributed by atoms with Gasteiger partial charge in [0.1, 0.15) is 10.7 Å². The summed E-state index contributed by atoms with van der Waals surface area (Å²) in [6, 6.07) is 3.77. The molecule has 1 atom stereocenters. The van der Waals surface area contributed by atoms with Crippen molar-refractivity contribution in [2.24, 2.45) is 11.7 Å². The third-order valence-corrected chi connectivity index (χ3v) is 5.66. The maximum absolute atomic E-state index is 12.4. The minimum Gasteiger partial charge on any atom is -0.337 e. The van der Waals surface area contributed by atoms with Crippen molar-refractivity contribution in [3.05, 3.63) is 27.5 Å². The fraction of sp³-hybridized carbons (Fsp3) is 0.385. The highest BCUT2D eigenvalue weighted by molar-refractivity contribution is 7.23. The van der Waals surface area contributed by atoms with E-state index >= 15 is 0 Å². The summed E-state index contributed by atoms with van der Waals surface area (Å²) < 4.78 is 0.730. The van der Waals surface area contributed by atoms with E-state index in [4.69, 9.17) is 17.3 Å². The number of likely N-dealkylation sites (tertiary alicyclic amines) is 1. The molecule has 0 aromatic carbocycles. The quantitative estimate of drug-likeness (QED) is 0.943. The van der Waals surface area contributed by atoms with Crippen molar-refractivity contribution in [1.29, 1.82) is 0 Å². The Bertz CT molecular complexity index is 625. The average Bonchev–Trinajstić information content (AvgIpc) is 3.17. The number of hydrogen-bond donors (Lipinski definition) is 1. The molecule has 1 unspecified atom stereocenters. The van der Waals surface area contributed by atoms with Crippen LogP contribution in [0.25, 0.3) is 9.88 Å². The topological polar surface area (TPSA) is 59.2 Å². The van der Waals surface area contributed by atoms with Crippen LogP contribution in [0.15, 0.2) is 17.5 Å². The van der Waals surface area contributed by atoms with Crippen LogP contribution in [-0.2, 0) is 0 Å². The first-order valence-electron chi connectivity index (χ1n) is 6.38. The van der Waals surface area contributed by atoms with Gasteiger partial charge in [-0.05, 0) is 31.0 Å². The molecule has 106 valence electrons. The molecule has 1 saturated heterocycles. The zero-order valence-electron chi connectivity index (χ0n) is 10.7. The van der Waals surface area contributed by atoms with E-state index in [1.54, 1.807) is 0 Å². The molecule has 0 bridgehead atoms. The monoisotopic (exact) mass is 327 g/mol. The molecule has 2 N–H and O–H groups in total. The number of amides is 1. The highest BCUT2D eigenvalue weighted by Gasteiger charge is 2.27. The third-order valence-electron chi connectivity index (χ3n) is 3.41. The van der Waals surface area contributed by atoms with E-state index in [9.17, 15) is 4.79 Å². The zero-order chi connectivity index (χ0) is 14.1. The van der Waals surface area contributed by atoms with Crippen molar-refractivity contribution < 1.29 is 4.79 Å². The Hall–Kier alpha value is -0.950. The predicted octanol–water partition coefficient (Wildman–Crippen LogP) is 2.95. The van der Waals surface area contributed by atoms with Crippen molar-refractivity contribution in [2.75, 3.05) is 19.6 Å². The standard InChI is InChI=1S/C13H14ClN3OS2/c14-11-2-1-10(20-11)12-16-9(7-19-12)13(18)17-4-3-8(5-15)6-17/h1-2,7-8H,3-6,15H2. The van der Waals surface area contributed by atoms with Crippen LogP contribution in [0.2, 0.25) is 4.34 Å². The number of nitrogens with two attached hydrogens (primary N) is 1. The van der Waals surface area contributed by atoms with E-state index in [-0.39, 0.29) is 5.91 Å². The van der Waals surface area contributed by atoms with Gasteiger partial charge in [-0.2, -0.15) is 0 Å². The fourth-order valence-corrected chi connectivity index (χ4v) is 4.19. The number of carbonyl (C=O) groups is 1. The molecular formula is C13H14ClN3OS2. The average molecular weight is 328 g/mol. The van der Waals surface area contributed by atoms with Gasteiger partial charge in [0.25, 0.3) is 5.91 Å². The van der Waals surface area contributed by atoms with E-state index in [0.717, 1.165) is 33.7 Å². The van der Waals surface area contributed by atoms with Crippen molar-refractivity contribution in [3.8, 4) is 9.88 Å². The highest BCUT2D eigenvalue weighted by Crippen LogP contribution is 2.33. The first-order chi connectivity index (χ1) is 9.67. The molecular weight excluding hydrogens is 314 g/mol. The maximum atomic E-state index is 12.4. The second kappa shape index (κ2) is 5.81. The number of aromatic nitrogens is 1. The second-order valence-electron chi connectivity index (χ2n) is 4.78. The highest BCUT2D eigenvalue weighted by atomic mass is 35.5. The number of rotatable bonds is 3. The van der Waals surface area contributed by atoms with Gasteiger partial charge in [0.05, 0.1) is 9.21 Å². The normalized spacial score (nSPS) is 18.7. The molecule has 2 aromatic heterocycles. The van der Waals surface area contributed by atoms with E-state index in [1.165, 1.54) is 22.7 Å². The van der Waals surface area contributed by atoms with E-state index in [2.05, 4.69) is 4.98 Å². The Balaban J connectivity index is 1.75. The third kappa shape index (κ3) is 2.74. The lowest BCUT2D eigenvalue weighted by Crippen LogP contribution is -2.30. The summed E-state index contributed by atoms with van der Waals surface area (Å²) in [5, 5.41) is 2.67. The van der Waals surface area contributed by atoms with Gasteiger partial charge in [0, 0.05) is 18.5 Å². The Kier molecular flexibility index (Phi) is 4.07. The number of nitrogens with zero attached hydrogens (tertiary/aromatic N) is 2. The second-order valence-corrected chi connectivity index (χ2v) is 7.36. The molecule has 0 saturated carbocycles. The molecule has 4 nitrogen and oxygen atoms in total. The van der Waals surface area contributed by atoms with Crippen molar-refractivity contribution in [1.82, 2.24) is 9.88 Å². The van der Waals surface area contributed by atoms with Crippen LogP contribution in [0.1, 0.15) is 16.9 Å². The van der Waals surface area contributed by atoms with Crippen LogP contribution >= 0.6 is 34.3 Å². The maximum Gasteiger partial charge on any atom is 0.273 e. The molecule has 7 heteroatoms. The molecule has 2 aromatic rings. The lowest BCUT2D eigenvalue weighted by molar-refractivity contribution is 0.0783. The molecule has 1 amide bonds. The van der Waals surface area contributed by atoms with E-state index in [1.807, 2.05) is 22.4 Å². The van der Waals surface area contributed by atoms with Crippen LogP contribution in [-0.4, -0.2) is 35.4 Å². The summed E-state index contributed by atoms with van der Waals surface area (Å²) >= 11 is 8.88. The first kappa shape index (κ1) is 14.0. The van der Waals surface area contributed by atoms with Gasteiger partial charge in [-0.1, -0.05) is 11.6 Å². The van der Waals surface area contributed by atoms with Gasteiger partial charge in [-0.15, -0.1) is 22.7 Å². The van der Waals surface area contributed by atoms with Gasteiger partial charge < -0.3 is 10.6 Å². The number of thiazole rings is 1. The fourth-order valence-electron chi connectivity index (χ4n) is 2.29. The molecule has 20 heavy (non-hydrogen) atoms. The van der Waals surface area contributed by atoms with Crippen LogP contribution in [0.4, 0.5) is 0 Å². The lowest BCUT2D eigenvalue weighted by atomic mass is 10.1. The number of carbonyl (C=O) groups excluding carboxylic acids is 1. The molecule has 3 heterocycles. The van der Waals surface area contributed by atoms with Crippen molar-refractivity contribution in [3.63, 3.8) is 0 Å². The van der Waals surface area contributed by atoms with Gasteiger partial charge in [-0.3, -0.25) is 4.79 Å². The summed E-state index contributed by atoms with van der Waals surface area (Å²) in [7, 11) is 0. The Morgan fingerprint density at radius 3 is 3.05 bits per heavy atom. The zero-order valence-corrected chi connectivity index (χ0v) is 13.1. The van der Waals surface area contributed by atoms with Gasteiger partial charge in [0.15, 0.2) is 0 Å². The molecule has 1 aliphatic heterocycles.